The molecule has 1 aliphatic carbocycles. The van der Waals surface area contributed by atoms with Crippen molar-refractivity contribution in [1.82, 2.24) is 10.2 Å². The fourth-order valence-electron chi connectivity index (χ4n) is 4.00. The standard InChI is InChI=1S/C17H32N2O/c1-11(2)10-13-16(20)19(15(18-13)12(3)4)14-8-7-9-17(14,5)6/h11-15,18H,7-10H2,1-6H3. The normalized spacial score (nSPS) is 33.7. The molecule has 3 atom stereocenters. The highest BCUT2D eigenvalue weighted by atomic mass is 16.2. The van der Waals surface area contributed by atoms with Crippen LogP contribution in [-0.4, -0.2) is 29.1 Å². The molecular weight excluding hydrogens is 248 g/mol. The van der Waals surface area contributed by atoms with Crippen molar-refractivity contribution in [2.45, 2.75) is 85.5 Å². The molecule has 2 rings (SSSR count). The van der Waals surface area contributed by atoms with E-state index >= 15 is 0 Å². The zero-order chi connectivity index (χ0) is 15.1. The van der Waals surface area contributed by atoms with Crippen LogP contribution in [0.5, 0.6) is 0 Å². The molecule has 0 radical (unpaired) electrons. The predicted octanol–water partition coefficient (Wildman–Crippen LogP) is 3.39. The number of nitrogens with one attached hydrogen (secondary N) is 1. The second kappa shape index (κ2) is 5.67. The Kier molecular flexibility index (Phi) is 4.48. The van der Waals surface area contributed by atoms with Gasteiger partial charge in [-0.05, 0) is 36.5 Å². The van der Waals surface area contributed by atoms with E-state index in [9.17, 15) is 4.79 Å². The maximum absolute atomic E-state index is 12.9. The highest BCUT2D eigenvalue weighted by Crippen LogP contribution is 2.43. The van der Waals surface area contributed by atoms with Crippen LogP contribution in [0.15, 0.2) is 0 Å². The third-order valence-electron chi connectivity index (χ3n) is 5.10. The minimum atomic E-state index is 0.0267. The Morgan fingerprint density at radius 1 is 1.30 bits per heavy atom. The molecule has 0 bridgehead atoms. The van der Waals surface area contributed by atoms with E-state index in [0.717, 1.165) is 12.8 Å². The molecule has 2 fully saturated rings. The van der Waals surface area contributed by atoms with E-state index in [1.54, 1.807) is 0 Å². The summed E-state index contributed by atoms with van der Waals surface area (Å²) in [6.45, 7) is 13.5. The van der Waals surface area contributed by atoms with Crippen molar-refractivity contribution < 1.29 is 4.79 Å². The average molecular weight is 280 g/mol. The molecule has 1 heterocycles. The molecule has 1 saturated heterocycles. The van der Waals surface area contributed by atoms with Crippen molar-refractivity contribution in [3.05, 3.63) is 0 Å². The number of amides is 1. The lowest BCUT2D eigenvalue weighted by atomic mass is 9.85. The van der Waals surface area contributed by atoms with Gasteiger partial charge in [-0.15, -0.1) is 0 Å². The van der Waals surface area contributed by atoms with Crippen molar-refractivity contribution >= 4 is 5.91 Å². The summed E-state index contributed by atoms with van der Waals surface area (Å²) < 4.78 is 0. The van der Waals surface area contributed by atoms with Crippen molar-refractivity contribution in [1.29, 1.82) is 0 Å². The van der Waals surface area contributed by atoms with Crippen LogP contribution in [0.3, 0.4) is 0 Å². The fraction of sp³-hybridized carbons (Fsp3) is 0.941. The summed E-state index contributed by atoms with van der Waals surface area (Å²) in [5.74, 6) is 1.37. The maximum Gasteiger partial charge on any atom is 0.241 e. The van der Waals surface area contributed by atoms with E-state index in [4.69, 9.17) is 0 Å². The van der Waals surface area contributed by atoms with Gasteiger partial charge in [0.25, 0.3) is 0 Å². The van der Waals surface area contributed by atoms with Crippen LogP contribution in [0.4, 0.5) is 0 Å². The third-order valence-corrected chi connectivity index (χ3v) is 5.10. The first-order chi connectivity index (χ1) is 9.24. The minimum absolute atomic E-state index is 0.0267. The third kappa shape index (κ3) is 2.88. The Hall–Kier alpha value is -0.570. The van der Waals surface area contributed by atoms with Crippen LogP contribution < -0.4 is 5.32 Å². The summed E-state index contributed by atoms with van der Waals surface area (Å²) in [6.07, 6.45) is 4.82. The maximum atomic E-state index is 12.9. The van der Waals surface area contributed by atoms with Gasteiger partial charge in [0.15, 0.2) is 0 Å². The lowest BCUT2D eigenvalue weighted by Gasteiger charge is -2.39. The first-order valence-electron chi connectivity index (χ1n) is 8.32. The van der Waals surface area contributed by atoms with E-state index in [1.165, 1.54) is 12.8 Å². The SMILES string of the molecule is CC(C)CC1NC(C(C)C)N(C2CCCC2(C)C)C1=O. The highest BCUT2D eigenvalue weighted by Gasteiger charge is 2.49. The number of carbonyl (C=O) groups is 1. The summed E-state index contributed by atoms with van der Waals surface area (Å²) in [5, 5.41) is 3.61. The van der Waals surface area contributed by atoms with Gasteiger partial charge in [0.05, 0.1) is 12.2 Å². The Bertz CT molecular complexity index is 362. The Balaban J connectivity index is 2.22. The molecule has 0 aromatic carbocycles. The molecule has 3 heteroatoms. The smallest absolute Gasteiger partial charge is 0.241 e. The van der Waals surface area contributed by atoms with Crippen LogP contribution in [-0.2, 0) is 4.79 Å². The number of hydrogen-bond donors (Lipinski definition) is 1. The molecule has 1 aliphatic heterocycles. The molecule has 116 valence electrons. The van der Waals surface area contributed by atoms with Crippen LogP contribution in [0, 0.1) is 17.3 Å². The summed E-state index contributed by atoms with van der Waals surface area (Å²) in [5.41, 5.74) is 0.261. The van der Waals surface area contributed by atoms with Crippen LogP contribution in [0.1, 0.15) is 67.2 Å². The number of rotatable bonds is 4. The van der Waals surface area contributed by atoms with Gasteiger partial charge in [0, 0.05) is 6.04 Å². The second-order valence-electron chi connectivity index (χ2n) is 8.18. The van der Waals surface area contributed by atoms with E-state index in [1.807, 2.05) is 0 Å². The average Bonchev–Trinajstić information content (AvgIpc) is 2.79. The molecule has 3 nitrogen and oxygen atoms in total. The van der Waals surface area contributed by atoms with Crippen molar-refractivity contribution in [3.8, 4) is 0 Å². The Morgan fingerprint density at radius 2 is 1.95 bits per heavy atom. The van der Waals surface area contributed by atoms with Gasteiger partial charge in [-0.1, -0.05) is 48.0 Å². The van der Waals surface area contributed by atoms with Crippen molar-refractivity contribution in [2.24, 2.45) is 17.3 Å². The van der Waals surface area contributed by atoms with E-state index in [2.05, 4.69) is 51.8 Å². The lowest BCUT2D eigenvalue weighted by Crippen LogP contribution is -2.51. The monoisotopic (exact) mass is 280 g/mol. The fourth-order valence-corrected chi connectivity index (χ4v) is 4.00. The van der Waals surface area contributed by atoms with Gasteiger partial charge in [-0.2, -0.15) is 0 Å². The molecule has 1 amide bonds. The van der Waals surface area contributed by atoms with E-state index in [-0.39, 0.29) is 17.6 Å². The molecule has 2 aliphatic rings. The summed E-state index contributed by atoms with van der Waals surface area (Å²) in [6, 6.07) is 0.436. The van der Waals surface area contributed by atoms with Crippen LogP contribution in [0.25, 0.3) is 0 Å². The number of carbonyl (C=O) groups excluding carboxylic acids is 1. The molecule has 0 aromatic rings. The number of nitrogens with zero attached hydrogens (tertiary/aromatic N) is 1. The van der Waals surface area contributed by atoms with Gasteiger partial charge < -0.3 is 4.90 Å². The number of hydrogen-bond acceptors (Lipinski definition) is 2. The summed E-state index contributed by atoms with van der Waals surface area (Å²) >= 11 is 0. The summed E-state index contributed by atoms with van der Waals surface area (Å²) in [7, 11) is 0. The molecule has 3 unspecified atom stereocenters. The topological polar surface area (TPSA) is 32.3 Å². The van der Waals surface area contributed by atoms with Gasteiger partial charge >= 0.3 is 0 Å². The minimum Gasteiger partial charge on any atom is -0.322 e. The van der Waals surface area contributed by atoms with Gasteiger partial charge in [-0.3, -0.25) is 10.1 Å². The zero-order valence-corrected chi connectivity index (χ0v) is 14.1. The molecule has 1 saturated carbocycles. The van der Waals surface area contributed by atoms with E-state index in [0.29, 0.717) is 23.8 Å². The molecule has 20 heavy (non-hydrogen) atoms. The van der Waals surface area contributed by atoms with E-state index < -0.39 is 0 Å². The van der Waals surface area contributed by atoms with Crippen molar-refractivity contribution in [3.63, 3.8) is 0 Å². The summed E-state index contributed by atoms with van der Waals surface area (Å²) in [4.78, 5) is 15.1. The predicted molar refractivity (Wildman–Crippen MR) is 83.3 cm³/mol. The molecular formula is C17H32N2O. The quantitative estimate of drug-likeness (QED) is 0.856. The van der Waals surface area contributed by atoms with Gasteiger partial charge in [0.1, 0.15) is 0 Å². The second-order valence-corrected chi connectivity index (χ2v) is 8.18. The molecule has 0 spiro atoms. The molecule has 1 N–H and O–H groups in total. The van der Waals surface area contributed by atoms with Gasteiger partial charge in [0.2, 0.25) is 5.91 Å². The zero-order valence-electron chi connectivity index (χ0n) is 14.1. The molecule has 0 aromatic heterocycles. The largest absolute Gasteiger partial charge is 0.322 e. The van der Waals surface area contributed by atoms with Crippen LogP contribution in [0.2, 0.25) is 0 Å². The first-order valence-corrected chi connectivity index (χ1v) is 8.32. The Morgan fingerprint density at radius 3 is 2.40 bits per heavy atom. The highest BCUT2D eigenvalue weighted by molar-refractivity contribution is 5.84. The van der Waals surface area contributed by atoms with Crippen LogP contribution >= 0.6 is 0 Å². The Labute approximate surface area is 124 Å². The van der Waals surface area contributed by atoms with Gasteiger partial charge in [-0.25, -0.2) is 0 Å². The first kappa shape index (κ1) is 15.8. The van der Waals surface area contributed by atoms with Crippen molar-refractivity contribution in [2.75, 3.05) is 0 Å². The lowest BCUT2D eigenvalue weighted by molar-refractivity contribution is -0.135.